The second-order valence-electron chi connectivity index (χ2n) is 3.03. The second kappa shape index (κ2) is 10.9. The van der Waals surface area contributed by atoms with Gasteiger partial charge in [-0.05, 0) is 6.42 Å². The van der Waals surface area contributed by atoms with E-state index in [2.05, 4.69) is 14.2 Å². The highest BCUT2D eigenvalue weighted by Crippen LogP contribution is 1.99. The standard InChI is InChI=1S/C10H16O7/c1-14-10(13)3-2-4-17-9(5-15-7-11)6-16-8-12/h7-9H,2-6H2,1H3. The highest BCUT2D eigenvalue weighted by Gasteiger charge is 2.11. The molecule has 0 N–H and O–H groups in total. The Bertz CT molecular complexity index is 217. The third-order valence-electron chi connectivity index (χ3n) is 1.81. The van der Waals surface area contributed by atoms with E-state index in [1.54, 1.807) is 0 Å². The minimum atomic E-state index is -0.525. The molecule has 0 atom stereocenters. The van der Waals surface area contributed by atoms with E-state index in [1.165, 1.54) is 7.11 Å². The quantitative estimate of drug-likeness (QED) is 0.214. The number of esters is 1. The number of rotatable bonds is 11. The van der Waals surface area contributed by atoms with Crippen LogP contribution < -0.4 is 0 Å². The largest absolute Gasteiger partial charge is 0.469 e. The highest BCUT2D eigenvalue weighted by molar-refractivity contribution is 5.68. The van der Waals surface area contributed by atoms with Gasteiger partial charge in [0.25, 0.3) is 12.9 Å². The smallest absolute Gasteiger partial charge is 0.305 e. The van der Waals surface area contributed by atoms with Gasteiger partial charge in [0, 0.05) is 13.0 Å². The van der Waals surface area contributed by atoms with Crippen LogP contribution in [0.5, 0.6) is 0 Å². The molecule has 0 aliphatic carbocycles. The van der Waals surface area contributed by atoms with E-state index in [0.717, 1.165) is 0 Å². The van der Waals surface area contributed by atoms with Gasteiger partial charge >= 0.3 is 5.97 Å². The Hall–Kier alpha value is -1.63. The molecule has 0 unspecified atom stereocenters. The average molecular weight is 248 g/mol. The molecule has 0 aromatic heterocycles. The molecule has 0 amide bonds. The number of carbonyl (C=O) groups excluding carboxylic acids is 3. The fourth-order valence-corrected chi connectivity index (χ4v) is 1.01. The molecule has 0 radical (unpaired) electrons. The Kier molecular flexibility index (Phi) is 9.83. The van der Waals surface area contributed by atoms with Crippen LogP contribution in [0.1, 0.15) is 12.8 Å². The molecule has 0 spiro atoms. The Morgan fingerprint density at radius 3 is 2.24 bits per heavy atom. The zero-order valence-electron chi connectivity index (χ0n) is 9.63. The highest BCUT2D eigenvalue weighted by atomic mass is 16.6. The van der Waals surface area contributed by atoms with E-state index in [4.69, 9.17) is 4.74 Å². The van der Waals surface area contributed by atoms with Crippen LogP contribution >= 0.6 is 0 Å². The van der Waals surface area contributed by atoms with Crippen LogP contribution in [0, 0.1) is 0 Å². The maximum Gasteiger partial charge on any atom is 0.305 e. The van der Waals surface area contributed by atoms with Gasteiger partial charge in [-0.25, -0.2) is 0 Å². The third kappa shape index (κ3) is 9.31. The van der Waals surface area contributed by atoms with Crippen LogP contribution in [-0.4, -0.2) is 51.9 Å². The first-order chi connectivity index (χ1) is 8.24. The molecule has 0 saturated heterocycles. The molecule has 0 heterocycles. The van der Waals surface area contributed by atoms with Crippen molar-refractivity contribution in [3.8, 4) is 0 Å². The van der Waals surface area contributed by atoms with Crippen LogP contribution in [0.15, 0.2) is 0 Å². The predicted octanol–water partition coefficient (Wildman–Crippen LogP) is -0.329. The fourth-order valence-electron chi connectivity index (χ4n) is 1.01. The van der Waals surface area contributed by atoms with Crippen molar-refractivity contribution < 1.29 is 33.3 Å². The van der Waals surface area contributed by atoms with Crippen molar-refractivity contribution in [1.29, 1.82) is 0 Å². The summed E-state index contributed by atoms with van der Waals surface area (Å²) in [6, 6.07) is 0. The maximum absolute atomic E-state index is 10.8. The van der Waals surface area contributed by atoms with Crippen molar-refractivity contribution >= 4 is 18.9 Å². The first-order valence-corrected chi connectivity index (χ1v) is 5.03. The number of methoxy groups -OCH3 is 1. The molecule has 0 bridgehead atoms. The Morgan fingerprint density at radius 1 is 1.18 bits per heavy atom. The molecule has 0 aliphatic rings. The number of carbonyl (C=O) groups is 3. The molecule has 7 heteroatoms. The molecule has 0 aromatic rings. The third-order valence-corrected chi connectivity index (χ3v) is 1.81. The van der Waals surface area contributed by atoms with Crippen molar-refractivity contribution in [2.75, 3.05) is 26.9 Å². The van der Waals surface area contributed by atoms with Crippen molar-refractivity contribution in [3.05, 3.63) is 0 Å². The summed E-state index contributed by atoms with van der Waals surface area (Å²) in [5, 5.41) is 0. The van der Waals surface area contributed by atoms with Gasteiger partial charge in [-0.3, -0.25) is 14.4 Å². The van der Waals surface area contributed by atoms with Gasteiger partial charge in [-0.2, -0.15) is 0 Å². The van der Waals surface area contributed by atoms with Crippen LogP contribution in [-0.2, 0) is 33.3 Å². The zero-order chi connectivity index (χ0) is 12.9. The minimum absolute atomic E-state index is 0.00440. The van der Waals surface area contributed by atoms with Gasteiger partial charge in [0.05, 0.1) is 7.11 Å². The summed E-state index contributed by atoms with van der Waals surface area (Å²) in [5.74, 6) is -0.321. The van der Waals surface area contributed by atoms with Crippen LogP contribution in [0.2, 0.25) is 0 Å². The molecule has 7 nitrogen and oxygen atoms in total. The Morgan fingerprint density at radius 2 is 1.76 bits per heavy atom. The van der Waals surface area contributed by atoms with E-state index in [0.29, 0.717) is 6.42 Å². The topological polar surface area (TPSA) is 88.1 Å². The molecule has 0 aliphatic heterocycles. The van der Waals surface area contributed by atoms with E-state index in [9.17, 15) is 14.4 Å². The average Bonchev–Trinajstić information content (AvgIpc) is 2.36. The summed E-state index contributed by atoms with van der Waals surface area (Å²) in [6.45, 7) is 0.840. The van der Waals surface area contributed by atoms with Gasteiger partial charge in [-0.15, -0.1) is 0 Å². The van der Waals surface area contributed by atoms with E-state index in [1.807, 2.05) is 0 Å². The normalized spacial score (nSPS) is 9.76. The van der Waals surface area contributed by atoms with E-state index >= 15 is 0 Å². The zero-order valence-corrected chi connectivity index (χ0v) is 9.63. The summed E-state index contributed by atoms with van der Waals surface area (Å²) in [6.07, 6.45) is 0.195. The molecule has 0 rings (SSSR count). The van der Waals surface area contributed by atoms with Crippen molar-refractivity contribution in [3.63, 3.8) is 0 Å². The fraction of sp³-hybridized carbons (Fsp3) is 0.700. The van der Waals surface area contributed by atoms with Crippen LogP contribution in [0.25, 0.3) is 0 Å². The van der Waals surface area contributed by atoms with Crippen LogP contribution in [0.3, 0.4) is 0 Å². The Balaban J connectivity index is 3.69. The summed E-state index contributed by atoms with van der Waals surface area (Å²) >= 11 is 0. The summed E-state index contributed by atoms with van der Waals surface area (Å²) in [7, 11) is 1.31. The van der Waals surface area contributed by atoms with E-state index in [-0.39, 0.29) is 45.2 Å². The molecule has 98 valence electrons. The lowest BCUT2D eigenvalue weighted by Crippen LogP contribution is -2.26. The first kappa shape index (κ1) is 15.4. The van der Waals surface area contributed by atoms with Gasteiger partial charge in [0.15, 0.2) is 0 Å². The van der Waals surface area contributed by atoms with Gasteiger partial charge in [-0.1, -0.05) is 0 Å². The molecule has 0 aromatic carbocycles. The van der Waals surface area contributed by atoms with Crippen molar-refractivity contribution in [1.82, 2.24) is 0 Å². The molecular formula is C10H16O7. The summed E-state index contributed by atoms with van der Waals surface area (Å²) < 4.78 is 18.7. The lowest BCUT2D eigenvalue weighted by atomic mass is 10.3. The molecule has 0 saturated carbocycles. The molecule has 17 heavy (non-hydrogen) atoms. The first-order valence-electron chi connectivity index (χ1n) is 5.03. The van der Waals surface area contributed by atoms with Crippen molar-refractivity contribution in [2.24, 2.45) is 0 Å². The van der Waals surface area contributed by atoms with E-state index < -0.39 is 6.10 Å². The SMILES string of the molecule is COC(=O)CCCOC(COC=O)COC=O. The minimum Gasteiger partial charge on any atom is -0.469 e. The Labute approximate surface area is 99.0 Å². The number of hydrogen-bond acceptors (Lipinski definition) is 7. The lowest BCUT2D eigenvalue weighted by Gasteiger charge is -2.15. The molecule has 0 fully saturated rings. The monoisotopic (exact) mass is 248 g/mol. The number of hydrogen-bond donors (Lipinski definition) is 0. The van der Waals surface area contributed by atoms with Gasteiger partial charge in [0.1, 0.15) is 19.3 Å². The summed E-state index contributed by atoms with van der Waals surface area (Å²) in [4.78, 5) is 30.8. The van der Waals surface area contributed by atoms with Crippen molar-refractivity contribution in [2.45, 2.75) is 18.9 Å². The maximum atomic E-state index is 10.8. The lowest BCUT2D eigenvalue weighted by molar-refractivity contribution is -0.141. The second-order valence-corrected chi connectivity index (χ2v) is 3.03. The van der Waals surface area contributed by atoms with Crippen LogP contribution in [0.4, 0.5) is 0 Å². The summed E-state index contributed by atoms with van der Waals surface area (Å²) in [5.41, 5.74) is 0. The van der Waals surface area contributed by atoms with Gasteiger partial charge < -0.3 is 18.9 Å². The van der Waals surface area contributed by atoms with Gasteiger partial charge in [0.2, 0.25) is 0 Å². The molecular weight excluding hydrogens is 232 g/mol. The number of ether oxygens (including phenoxy) is 4. The predicted molar refractivity (Wildman–Crippen MR) is 55.0 cm³/mol.